The standard InChI is InChI=1S/C15H19N3O/c16-8-13-7-12-3-1-2-4-14(12)17-15(13)18-6-5-11(9-18)10-19/h1-4,7,11,19H,5-6,8-10,16H2. The molecule has 1 fully saturated rings. The number of aliphatic hydroxyl groups excluding tert-OH is 1. The lowest BCUT2D eigenvalue weighted by atomic mass is 10.1. The molecule has 4 nitrogen and oxygen atoms in total. The third kappa shape index (κ3) is 2.29. The van der Waals surface area contributed by atoms with Crippen LogP contribution in [0.1, 0.15) is 12.0 Å². The van der Waals surface area contributed by atoms with Gasteiger partial charge in [0.25, 0.3) is 0 Å². The maximum Gasteiger partial charge on any atom is 0.133 e. The summed E-state index contributed by atoms with van der Waals surface area (Å²) < 4.78 is 0. The summed E-state index contributed by atoms with van der Waals surface area (Å²) in [6, 6.07) is 10.2. The summed E-state index contributed by atoms with van der Waals surface area (Å²) in [5, 5.41) is 10.4. The fourth-order valence-corrected chi connectivity index (χ4v) is 2.75. The number of nitrogens with zero attached hydrogens (tertiary/aromatic N) is 2. The number of anilines is 1. The van der Waals surface area contributed by atoms with Crippen molar-refractivity contribution in [2.45, 2.75) is 13.0 Å². The summed E-state index contributed by atoms with van der Waals surface area (Å²) >= 11 is 0. The Morgan fingerprint density at radius 1 is 1.37 bits per heavy atom. The predicted molar refractivity (Wildman–Crippen MR) is 77.0 cm³/mol. The number of fused-ring (bicyclic) bond motifs is 1. The van der Waals surface area contributed by atoms with Crippen LogP contribution in [0.25, 0.3) is 10.9 Å². The van der Waals surface area contributed by atoms with Crippen molar-refractivity contribution in [3.05, 3.63) is 35.9 Å². The van der Waals surface area contributed by atoms with Gasteiger partial charge in [-0.05, 0) is 18.6 Å². The number of pyridine rings is 1. The zero-order valence-corrected chi connectivity index (χ0v) is 10.9. The summed E-state index contributed by atoms with van der Waals surface area (Å²) in [5.74, 6) is 1.34. The van der Waals surface area contributed by atoms with E-state index in [0.717, 1.165) is 41.8 Å². The van der Waals surface area contributed by atoms with Gasteiger partial charge < -0.3 is 15.7 Å². The van der Waals surface area contributed by atoms with Crippen LogP contribution in [-0.2, 0) is 6.54 Å². The predicted octanol–water partition coefficient (Wildman–Crippen LogP) is 1.51. The Hall–Kier alpha value is -1.65. The molecule has 0 aliphatic carbocycles. The van der Waals surface area contributed by atoms with Crippen molar-refractivity contribution in [1.82, 2.24) is 4.98 Å². The molecule has 2 heterocycles. The quantitative estimate of drug-likeness (QED) is 0.875. The van der Waals surface area contributed by atoms with Crippen molar-refractivity contribution in [3.8, 4) is 0 Å². The highest BCUT2D eigenvalue weighted by atomic mass is 16.3. The van der Waals surface area contributed by atoms with E-state index in [-0.39, 0.29) is 6.61 Å². The minimum absolute atomic E-state index is 0.252. The van der Waals surface area contributed by atoms with Gasteiger partial charge in [-0.3, -0.25) is 0 Å². The molecule has 3 rings (SSSR count). The molecule has 1 unspecified atom stereocenters. The first-order valence-corrected chi connectivity index (χ1v) is 6.76. The van der Waals surface area contributed by atoms with E-state index < -0.39 is 0 Å². The van der Waals surface area contributed by atoms with Gasteiger partial charge in [0.05, 0.1) is 5.52 Å². The molecule has 3 N–H and O–H groups in total. The van der Waals surface area contributed by atoms with E-state index in [1.165, 1.54) is 0 Å². The van der Waals surface area contributed by atoms with E-state index in [2.05, 4.69) is 17.0 Å². The molecule has 1 aromatic carbocycles. The largest absolute Gasteiger partial charge is 0.396 e. The second-order valence-electron chi connectivity index (χ2n) is 5.15. The van der Waals surface area contributed by atoms with Gasteiger partial charge in [0.1, 0.15) is 5.82 Å². The van der Waals surface area contributed by atoms with E-state index in [0.29, 0.717) is 12.5 Å². The highest BCUT2D eigenvalue weighted by Crippen LogP contribution is 2.27. The number of para-hydroxylation sites is 1. The lowest BCUT2D eigenvalue weighted by molar-refractivity contribution is 0.238. The third-order valence-electron chi connectivity index (χ3n) is 3.84. The summed E-state index contributed by atoms with van der Waals surface area (Å²) in [6.45, 7) is 2.56. The third-order valence-corrected chi connectivity index (χ3v) is 3.84. The van der Waals surface area contributed by atoms with Crippen LogP contribution in [0.15, 0.2) is 30.3 Å². The first-order valence-electron chi connectivity index (χ1n) is 6.76. The van der Waals surface area contributed by atoms with Gasteiger partial charge in [-0.2, -0.15) is 0 Å². The SMILES string of the molecule is NCc1cc2ccccc2nc1N1CCC(CO)C1. The van der Waals surface area contributed by atoms with Crippen LogP contribution in [-0.4, -0.2) is 29.8 Å². The van der Waals surface area contributed by atoms with Crippen LogP contribution in [0, 0.1) is 5.92 Å². The van der Waals surface area contributed by atoms with Crippen LogP contribution in [0.3, 0.4) is 0 Å². The molecule has 1 atom stereocenters. The van der Waals surface area contributed by atoms with Crippen molar-refractivity contribution in [3.63, 3.8) is 0 Å². The molecular formula is C15H19N3O. The number of benzene rings is 1. The molecule has 1 aliphatic rings. The van der Waals surface area contributed by atoms with Crippen LogP contribution in [0.2, 0.25) is 0 Å². The molecular weight excluding hydrogens is 238 g/mol. The maximum atomic E-state index is 9.26. The summed E-state index contributed by atoms with van der Waals surface area (Å²) in [7, 11) is 0. The van der Waals surface area contributed by atoms with Crippen LogP contribution < -0.4 is 10.6 Å². The first kappa shape index (κ1) is 12.4. The normalized spacial score (nSPS) is 19.3. The second-order valence-corrected chi connectivity index (χ2v) is 5.15. The second kappa shape index (κ2) is 5.15. The number of hydrogen-bond acceptors (Lipinski definition) is 4. The van der Waals surface area contributed by atoms with Crippen LogP contribution >= 0.6 is 0 Å². The summed E-state index contributed by atoms with van der Waals surface area (Å²) in [5.41, 5.74) is 7.94. The first-order chi connectivity index (χ1) is 9.31. The Balaban J connectivity index is 2.02. The summed E-state index contributed by atoms with van der Waals surface area (Å²) in [6.07, 6.45) is 1.02. The van der Waals surface area contributed by atoms with Crippen LogP contribution in [0.5, 0.6) is 0 Å². The highest BCUT2D eigenvalue weighted by molar-refractivity contribution is 5.81. The number of hydrogen-bond donors (Lipinski definition) is 2. The highest BCUT2D eigenvalue weighted by Gasteiger charge is 2.24. The van der Waals surface area contributed by atoms with Gasteiger partial charge in [-0.15, -0.1) is 0 Å². The van der Waals surface area contributed by atoms with Gasteiger partial charge in [0, 0.05) is 43.1 Å². The number of aliphatic hydroxyl groups is 1. The molecule has 4 heteroatoms. The minimum atomic E-state index is 0.252. The van der Waals surface area contributed by atoms with Crippen molar-refractivity contribution >= 4 is 16.7 Å². The van der Waals surface area contributed by atoms with E-state index in [1.807, 2.05) is 18.2 Å². The van der Waals surface area contributed by atoms with E-state index in [9.17, 15) is 5.11 Å². The van der Waals surface area contributed by atoms with E-state index in [4.69, 9.17) is 10.7 Å². The Kier molecular flexibility index (Phi) is 3.36. The van der Waals surface area contributed by atoms with Gasteiger partial charge in [0.15, 0.2) is 0 Å². The Morgan fingerprint density at radius 2 is 2.21 bits per heavy atom. The minimum Gasteiger partial charge on any atom is -0.396 e. The fraction of sp³-hybridized carbons (Fsp3) is 0.400. The number of nitrogens with two attached hydrogens (primary N) is 1. The Morgan fingerprint density at radius 3 is 2.95 bits per heavy atom. The van der Waals surface area contributed by atoms with Gasteiger partial charge in [-0.1, -0.05) is 18.2 Å². The summed E-state index contributed by atoms with van der Waals surface area (Å²) in [4.78, 5) is 7.01. The van der Waals surface area contributed by atoms with Gasteiger partial charge in [0.2, 0.25) is 0 Å². The van der Waals surface area contributed by atoms with E-state index >= 15 is 0 Å². The average molecular weight is 257 g/mol. The van der Waals surface area contributed by atoms with Crippen molar-refractivity contribution in [2.24, 2.45) is 11.7 Å². The lowest BCUT2D eigenvalue weighted by Gasteiger charge is -2.21. The zero-order chi connectivity index (χ0) is 13.2. The molecule has 100 valence electrons. The fourth-order valence-electron chi connectivity index (χ4n) is 2.75. The average Bonchev–Trinajstić information content (AvgIpc) is 2.94. The van der Waals surface area contributed by atoms with Crippen molar-refractivity contribution < 1.29 is 5.11 Å². The molecule has 19 heavy (non-hydrogen) atoms. The van der Waals surface area contributed by atoms with Crippen LogP contribution in [0.4, 0.5) is 5.82 Å². The van der Waals surface area contributed by atoms with Gasteiger partial charge >= 0.3 is 0 Å². The topological polar surface area (TPSA) is 62.4 Å². The zero-order valence-electron chi connectivity index (χ0n) is 10.9. The molecule has 0 radical (unpaired) electrons. The molecule has 0 bridgehead atoms. The molecule has 0 amide bonds. The Bertz CT molecular complexity index is 585. The smallest absolute Gasteiger partial charge is 0.133 e. The Labute approximate surface area is 112 Å². The lowest BCUT2D eigenvalue weighted by Crippen LogP contribution is -2.23. The van der Waals surface area contributed by atoms with Crippen molar-refractivity contribution in [2.75, 3.05) is 24.6 Å². The number of aromatic nitrogens is 1. The molecule has 0 saturated carbocycles. The van der Waals surface area contributed by atoms with Crippen molar-refractivity contribution in [1.29, 1.82) is 0 Å². The maximum absolute atomic E-state index is 9.26. The molecule has 2 aromatic rings. The monoisotopic (exact) mass is 257 g/mol. The van der Waals surface area contributed by atoms with Gasteiger partial charge in [-0.25, -0.2) is 4.98 Å². The molecule has 1 aliphatic heterocycles. The molecule has 1 aromatic heterocycles. The molecule has 1 saturated heterocycles. The molecule has 0 spiro atoms. The van der Waals surface area contributed by atoms with E-state index in [1.54, 1.807) is 0 Å². The number of rotatable bonds is 3.